The molecule has 1 aliphatic heterocycles. The van der Waals surface area contributed by atoms with Crippen LogP contribution in [0.3, 0.4) is 0 Å². The van der Waals surface area contributed by atoms with E-state index < -0.39 is 18.0 Å². The molecule has 0 aromatic heterocycles. The third-order valence-corrected chi connectivity index (χ3v) is 4.85. The van der Waals surface area contributed by atoms with Crippen molar-refractivity contribution in [1.29, 1.82) is 0 Å². The zero-order valence-electron chi connectivity index (χ0n) is 17.8. The number of nitrogens with one attached hydrogen (secondary N) is 2. The van der Waals surface area contributed by atoms with E-state index in [1.807, 2.05) is 37.3 Å². The van der Waals surface area contributed by atoms with Crippen LogP contribution in [0.1, 0.15) is 37.9 Å². The molecular formula is C23H25ClN2O5. The van der Waals surface area contributed by atoms with E-state index in [0.717, 1.165) is 0 Å². The second-order valence-electron chi connectivity index (χ2n) is 7.11. The van der Waals surface area contributed by atoms with Crippen LogP contribution in [-0.2, 0) is 9.53 Å². The lowest BCUT2D eigenvalue weighted by Gasteiger charge is -2.30. The number of urea groups is 1. The van der Waals surface area contributed by atoms with E-state index in [0.29, 0.717) is 40.0 Å². The molecule has 0 aliphatic carbocycles. The van der Waals surface area contributed by atoms with E-state index in [-0.39, 0.29) is 11.7 Å². The number of carbonyl (C=O) groups is 2. The van der Waals surface area contributed by atoms with Crippen LogP contribution in [0.2, 0.25) is 5.02 Å². The number of benzene rings is 2. The van der Waals surface area contributed by atoms with E-state index in [1.165, 1.54) is 7.11 Å². The van der Waals surface area contributed by atoms with Crippen LogP contribution in [0.5, 0.6) is 11.5 Å². The van der Waals surface area contributed by atoms with Gasteiger partial charge in [0.25, 0.3) is 0 Å². The average Bonchev–Trinajstić information content (AvgIpc) is 2.74. The molecule has 164 valence electrons. The summed E-state index contributed by atoms with van der Waals surface area (Å²) in [6.45, 7) is 5.78. The highest BCUT2D eigenvalue weighted by Gasteiger charge is 2.35. The molecule has 3 rings (SSSR count). The summed E-state index contributed by atoms with van der Waals surface area (Å²) in [6.07, 6.45) is -0.339. The quantitative estimate of drug-likeness (QED) is 0.615. The molecule has 2 aromatic carbocycles. The van der Waals surface area contributed by atoms with E-state index in [9.17, 15) is 9.59 Å². The highest BCUT2D eigenvalue weighted by molar-refractivity contribution is 6.32. The molecule has 2 amide bonds. The normalized spacial score (nSPS) is 15.9. The van der Waals surface area contributed by atoms with Gasteiger partial charge in [-0.1, -0.05) is 41.9 Å². The van der Waals surface area contributed by atoms with E-state index in [4.69, 9.17) is 25.8 Å². The van der Waals surface area contributed by atoms with Crippen LogP contribution in [0.4, 0.5) is 4.79 Å². The predicted molar refractivity (Wildman–Crippen MR) is 118 cm³/mol. The van der Waals surface area contributed by atoms with Gasteiger partial charge in [0.1, 0.15) is 0 Å². The van der Waals surface area contributed by atoms with Gasteiger partial charge in [-0.05, 0) is 44.0 Å². The van der Waals surface area contributed by atoms with Gasteiger partial charge in [0.2, 0.25) is 0 Å². The summed E-state index contributed by atoms with van der Waals surface area (Å²) in [5, 5.41) is 5.86. The lowest BCUT2D eigenvalue weighted by Crippen LogP contribution is -2.45. The molecular weight excluding hydrogens is 420 g/mol. The Hall–Kier alpha value is -3.19. The summed E-state index contributed by atoms with van der Waals surface area (Å²) >= 11 is 6.45. The Balaban J connectivity index is 2.20. The van der Waals surface area contributed by atoms with Gasteiger partial charge in [-0.15, -0.1) is 0 Å². The summed E-state index contributed by atoms with van der Waals surface area (Å²) < 4.78 is 16.5. The highest BCUT2D eigenvalue weighted by atomic mass is 35.5. The van der Waals surface area contributed by atoms with Gasteiger partial charge in [-0.25, -0.2) is 9.59 Å². The molecule has 0 saturated heterocycles. The number of halogens is 1. The summed E-state index contributed by atoms with van der Waals surface area (Å²) in [6, 6.07) is 11.2. The molecule has 7 nitrogen and oxygen atoms in total. The van der Waals surface area contributed by atoms with Crippen molar-refractivity contribution in [1.82, 2.24) is 10.6 Å². The Morgan fingerprint density at radius 3 is 2.52 bits per heavy atom. The molecule has 2 aromatic rings. The van der Waals surface area contributed by atoms with Gasteiger partial charge < -0.3 is 24.8 Å². The maximum atomic E-state index is 13.1. The first-order chi connectivity index (χ1) is 14.8. The van der Waals surface area contributed by atoms with Crippen LogP contribution >= 0.6 is 11.6 Å². The second kappa shape index (κ2) is 9.75. The minimum absolute atomic E-state index is 0.266. The van der Waals surface area contributed by atoms with Gasteiger partial charge in [0, 0.05) is 0 Å². The molecule has 1 heterocycles. The molecule has 31 heavy (non-hydrogen) atoms. The SMILES string of the molecule is CCOc1c(Cl)cc(C2NC(=O)NC(c3ccccc3)=C2C(=O)OC(C)C)cc1OC. The van der Waals surface area contributed by atoms with E-state index >= 15 is 0 Å². The third kappa shape index (κ3) is 4.94. The fraction of sp³-hybridized carbons (Fsp3) is 0.304. The van der Waals surface area contributed by atoms with E-state index in [2.05, 4.69) is 10.6 Å². The number of ether oxygens (including phenoxy) is 3. The summed E-state index contributed by atoms with van der Waals surface area (Å²) in [7, 11) is 1.50. The van der Waals surface area contributed by atoms with Crippen LogP contribution in [0.15, 0.2) is 48.0 Å². The number of hydrogen-bond donors (Lipinski definition) is 2. The first-order valence-corrected chi connectivity index (χ1v) is 10.3. The monoisotopic (exact) mass is 444 g/mol. The number of methoxy groups -OCH3 is 1. The van der Waals surface area contributed by atoms with Crippen molar-refractivity contribution < 1.29 is 23.8 Å². The van der Waals surface area contributed by atoms with Crippen molar-refractivity contribution in [2.45, 2.75) is 32.9 Å². The molecule has 0 radical (unpaired) electrons. The number of amides is 2. The van der Waals surface area contributed by atoms with Crippen molar-refractivity contribution in [3.8, 4) is 11.5 Å². The van der Waals surface area contributed by atoms with Crippen molar-refractivity contribution in [2.75, 3.05) is 13.7 Å². The maximum absolute atomic E-state index is 13.1. The molecule has 1 atom stereocenters. The zero-order chi connectivity index (χ0) is 22.5. The Labute approximate surface area is 186 Å². The molecule has 1 aliphatic rings. The maximum Gasteiger partial charge on any atom is 0.338 e. The smallest absolute Gasteiger partial charge is 0.338 e. The Morgan fingerprint density at radius 2 is 1.90 bits per heavy atom. The van der Waals surface area contributed by atoms with Crippen molar-refractivity contribution in [3.63, 3.8) is 0 Å². The summed E-state index contributed by atoms with van der Waals surface area (Å²) in [4.78, 5) is 25.7. The second-order valence-corrected chi connectivity index (χ2v) is 7.51. The number of hydrogen-bond acceptors (Lipinski definition) is 5. The van der Waals surface area contributed by atoms with Gasteiger partial charge >= 0.3 is 12.0 Å². The largest absolute Gasteiger partial charge is 0.493 e. The number of rotatable bonds is 7. The van der Waals surface area contributed by atoms with E-state index in [1.54, 1.807) is 26.0 Å². The first-order valence-electron chi connectivity index (χ1n) is 9.94. The van der Waals surface area contributed by atoms with Crippen LogP contribution in [-0.4, -0.2) is 31.8 Å². The predicted octanol–water partition coefficient (Wildman–Crippen LogP) is 4.46. The third-order valence-electron chi connectivity index (χ3n) is 4.57. The number of esters is 1. The average molecular weight is 445 g/mol. The highest BCUT2D eigenvalue weighted by Crippen LogP contribution is 2.41. The van der Waals surface area contributed by atoms with Gasteiger partial charge in [-0.2, -0.15) is 0 Å². The fourth-order valence-corrected chi connectivity index (χ4v) is 3.61. The molecule has 0 saturated carbocycles. The van der Waals surface area contributed by atoms with Crippen LogP contribution in [0, 0.1) is 0 Å². The van der Waals surface area contributed by atoms with Gasteiger partial charge in [0.05, 0.1) is 42.2 Å². The minimum Gasteiger partial charge on any atom is -0.493 e. The van der Waals surface area contributed by atoms with Crippen molar-refractivity contribution in [3.05, 3.63) is 64.2 Å². The standard InChI is InChI=1S/C23H25ClN2O5/c1-5-30-21-16(24)11-15(12-17(21)29-4)20-18(22(27)31-13(2)3)19(25-23(28)26-20)14-9-7-6-8-10-14/h6-13,20H,5H2,1-4H3,(H2,25,26,28). The minimum atomic E-state index is -0.808. The molecule has 0 spiro atoms. The van der Waals surface area contributed by atoms with Crippen LogP contribution < -0.4 is 20.1 Å². The molecule has 0 bridgehead atoms. The van der Waals surface area contributed by atoms with Crippen LogP contribution in [0.25, 0.3) is 5.70 Å². The Bertz CT molecular complexity index is 1000. The molecule has 0 fully saturated rings. The number of carbonyl (C=O) groups excluding carboxylic acids is 2. The summed E-state index contributed by atoms with van der Waals surface area (Å²) in [5.41, 5.74) is 1.89. The van der Waals surface area contributed by atoms with Gasteiger partial charge in [-0.3, -0.25) is 0 Å². The Kier molecular flexibility index (Phi) is 7.07. The first kappa shape index (κ1) is 22.5. The lowest BCUT2D eigenvalue weighted by molar-refractivity contribution is -0.143. The fourth-order valence-electron chi connectivity index (χ4n) is 3.34. The van der Waals surface area contributed by atoms with Gasteiger partial charge in [0.15, 0.2) is 11.5 Å². The topological polar surface area (TPSA) is 85.9 Å². The molecule has 1 unspecified atom stereocenters. The summed E-state index contributed by atoms with van der Waals surface area (Å²) in [5.74, 6) is 0.250. The molecule has 8 heteroatoms. The molecule has 2 N–H and O–H groups in total. The lowest BCUT2D eigenvalue weighted by atomic mass is 9.92. The van der Waals surface area contributed by atoms with Crippen molar-refractivity contribution >= 4 is 29.3 Å². The van der Waals surface area contributed by atoms with Crippen molar-refractivity contribution in [2.24, 2.45) is 0 Å². The zero-order valence-corrected chi connectivity index (χ0v) is 18.6. The Morgan fingerprint density at radius 1 is 1.19 bits per heavy atom.